The van der Waals surface area contributed by atoms with Crippen molar-refractivity contribution in [2.75, 3.05) is 5.32 Å². The van der Waals surface area contributed by atoms with E-state index >= 15 is 0 Å². The lowest BCUT2D eigenvalue weighted by Gasteiger charge is -2.05. The van der Waals surface area contributed by atoms with Crippen molar-refractivity contribution in [1.29, 1.82) is 5.41 Å². The van der Waals surface area contributed by atoms with Crippen molar-refractivity contribution in [3.63, 3.8) is 0 Å². The van der Waals surface area contributed by atoms with Crippen LogP contribution in [0.15, 0.2) is 35.7 Å². The topological polar surface area (TPSA) is 53.0 Å². The number of hydrogen-bond acceptors (Lipinski definition) is 3. The number of anilines is 1. The molecule has 0 heterocycles. The summed E-state index contributed by atoms with van der Waals surface area (Å²) >= 11 is 3.83. The van der Waals surface area contributed by atoms with Gasteiger partial charge in [-0.25, -0.2) is 0 Å². The van der Waals surface area contributed by atoms with E-state index in [4.69, 9.17) is 5.41 Å². The summed E-state index contributed by atoms with van der Waals surface area (Å²) in [4.78, 5) is 11.5. The van der Waals surface area contributed by atoms with Crippen LogP contribution in [-0.4, -0.2) is 11.6 Å². The summed E-state index contributed by atoms with van der Waals surface area (Å²) < 4.78 is 0. The van der Waals surface area contributed by atoms with Gasteiger partial charge in [-0.3, -0.25) is 10.2 Å². The van der Waals surface area contributed by atoms with Gasteiger partial charge >= 0.3 is 0 Å². The lowest BCUT2D eigenvalue weighted by atomic mass is 10.1. The molecule has 0 spiro atoms. The fourth-order valence-electron chi connectivity index (χ4n) is 1.48. The first-order chi connectivity index (χ1) is 8.67. The van der Waals surface area contributed by atoms with Crippen molar-refractivity contribution in [3.05, 3.63) is 41.3 Å². The minimum Gasteiger partial charge on any atom is -0.321 e. The van der Waals surface area contributed by atoms with Crippen molar-refractivity contribution in [2.24, 2.45) is 0 Å². The van der Waals surface area contributed by atoms with Crippen LogP contribution in [0.4, 0.5) is 5.69 Å². The molecule has 4 heteroatoms. The number of aryl methyl sites for hydroxylation is 1. The summed E-state index contributed by atoms with van der Waals surface area (Å²) in [5, 5.41) is 11.5. The van der Waals surface area contributed by atoms with Gasteiger partial charge < -0.3 is 5.32 Å². The third-order valence-corrected chi connectivity index (χ3v) is 2.67. The number of nitrogens with one attached hydrogen (secondary N) is 2. The van der Waals surface area contributed by atoms with E-state index in [0.29, 0.717) is 5.69 Å². The number of thiol groups is 1. The number of carbonyl (C=O) groups is 1. The highest BCUT2D eigenvalue weighted by Crippen LogP contribution is 2.11. The number of amides is 1. The molecule has 1 aromatic rings. The molecule has 0 radical (unpaired) electrons. The largest absolute Gasteiger partial charge is 0.321 e. The SMILES string of the molecule is CCCCc1ccc(NC(=O)C(=N)/C=C\S)cc1. The van der Waals surface area contributed by atoms with E-state index in [1.54, 1.807) is 0 Å². The fraction of sp³-hybridized carbons (Fsp3) is 0.286. The molecule has 0 aliphatic heterocycles. The molecule has 0 fully saturated rings. The van der Waals surface area contributed by atoms with Gasteiger partial charge in [-0.15, -0.1) is 0 Å². The number of carbonyl (C=O) groups excluding carboxylic acids is 1. The molecule has 1 amide bonds. The lowest BCUT2D eigenvalue weighted by molar-refractivity contribution is -0.110. The van der Waals surface area contributed by atoms with E-state index in [0.717, 1.165) is 6.42 Å². The average Bonchev–Trinajstić information content (AvgIpc) is 2.38. The molecule has 0 aromatic heterocycles. The van der Waals surface area contributed by atoms with Crippen LogP contribution in [0, 0.1) is 5.41 Å². The molecule has 0 saturated heterocycles. The van der Waals surface area contributed by atoms with Crippen LogP contribution >= 0.6 is 12.6 Å². The summed E-state index contributed by atoms with van der Waals surface area (Å²) in [5.74, 6) is -0.429. The Bertz CT molecular complexity index is 438. The highest BCUT2D eigenvalue weighted by molar-refractivity contribution is 7.83. The lowest BCUT2D eigenvalue weighted by Crippen LogP contribution is -2.20. The maximum atomic E-state index is 11.5. The zero-order valence-corrected chi connectivity index (χ0v) is 11.3. The van der Waals surface area contributed by atoms with Crippen molar-refractivity contribution >= 4 is 29.9 Å². The van der Waals surface area contributed by atoms with E-state index in [9.17, 15) is 4.79 Å². The molecule has 1 rings (SSSR count). The van der Waals surface area contributed by atoms with Gasteiger partial charge in [-0.05, 0) is 42.0 Å². The Hall–Kier alpha value is -1.55. The highest BCUT2D eigenvalue weighted by Gasteiger charge is 2.05. The van der Waals surface area contributed by atoms with Gasteiger partial charge in [0.05, 0.1) is 0 Å². The number of unbranched alkanes of at least 4 members (excludes halogenated alkanes) is 1. The van der Waals surface area contributed by atoms with Crippen molar-refractivity contribution in [1.82, 2.24) is 0 Å². The zero-order chi connectivity index (χ0) is 13.4. The predicted octanol–water partition coefficient (Wildman–Crippen LogP) is 3.43. The summed E-state index contributed by atoms with van der Waals surface area (Å²) in [7, 11) is 0. The number of hydrogen-bond donors (Lipinski definition) is 3. The van der Waals surface area contributed by atoms with E-state index in [1.807, 2.05) is 24.3 Å². The molecule has 1 aromatic carbocycles. The van der Waals surface area contributed by atoms with Crippen LogP contribution in [0.1, 0.15) is 25.3 Å². The summed E-state index contributed by atoms with van der Waals surface area (Å²) in [6, 6.07) is 7.73. The van der Waals surface area contributed by atoms with Gasteiger partial charge in [0.15, 0.2) is 0 Å². The Balaban J connectivity index is 2.58. The minimum absolute atomic E-state index is 0.111. The van der Waals surface area contributed by atoms with Crippen molar-refractivity contribution in [3.8, 4) is 0 Å². The third kappa shape index (κ3) is 4.75. The Kier molecular flexibility index (Phi) is 6.22. The van der Waals surface area contributed by atoms with Crippen LogP contribution in [-0.2, 0) is 11.2 Å². The second-order valence-corrected chi connectivity index (χ2v) is 4.28. The van der Waals surface area contributed by atoms with Gasteiger partial charge in [0.1, 0.15) is 5.71 Å². The molecule has 0 unspecified atom stereocenters. The van der Waals surface area contributed by atoms with Crippen molar-refractivity contribution in [2.45, 2.75) is 26.2 Å². The van der Waals surface area contributed by atoms with Crippen molar-refractivity contribution < 1.29 is 4.79 Å². The molecule has 0 bridgehead atoms. The first-order valence-corrected chi connectivity index (χ1v) is 6.48. The molecular formula is C14H18N2OS. The second-order valence-electron chi connectivity index (χ2n) is 3.98. The van der Waals surface area contributed by atoms with Crippen LogP contribution in [0.2, 0.25) is 0 Å². The van der Waals surface area contributed by atoms with Gasteiger partial charge in [0.25, 0.3) is 5.91 Å². The van der Waals surface area contributed by atoms with Gasteiger partial charge in [0.2, 0.25) is 0 Å². The molecule has 0 saturated carbocycles. The van der Waals surface area contributed by atoms with Crippen LogP contribution in [0.25, 0.3) is 0 Å². The summed E-state index contributed by atoms with van der Waals surface area (Å²) in [6.07, 6.45) is 4.74. The fourth-order valence-corrected chi connectivity index (χ4v) is 1.63. The number of rotatable bonds is 6. The quantitative estimate of drug-likeness (QED) is 0.534. The first kappa shape index (κ1) is 14.5. The average molecular weight is 262 g/mol. The standard InChI is InChI=1S/C14H18N2OS/c1-2-3-4-11-5-7-12(8-6-11)16-14(17)13(15)9-10-18/h5-10,15,18H,2-4H2,1H3,(H,16,17)/b10-9-,15-13?. The maximum Gasteiger partial charge on any atom is 0.273 e. The van der Waals surface area contributed by atoms with Gasteiger partial charge in [-0.2, -0.15) is 12.6 Å². The van der Waals surface area contributed by atoms with Gasteiger partial charge in [0, 0.05) is 5.69 Å². The predicted molar refractivity (Wildman–Crippen MR) is 79.5 cm³/mol. The zero-order valence-electron chi connectivity index (χ0n) is 10.4. The minimum atomic E-state index is -0.429. The number of benzene rings is 1. The molecule has 3 nitrogen and oxygen atoms in total. The highest BCUT2D eigenvalue weighted by atomic mass is 32.1. The van der Waals surface area contributed by atoms with E-state index in [-0.39, 0.29) is 5.71 Å². The molecule has 18 heavy (non-hydrogen) atoms. The van der Waals surface area contributed by atoms with Crippen LogP contribution < -0.4 is 5.32 Å². The first-order valence-electron chi connectivity index (χ1n) is 5.97. The molecule has 0 aliphatic rings. The molecular weight excluding hydrogens is 244 g/mol. The van der Waals surface area contributed by atoms with E-state index in [1.165, 1.54) is 29.9 Å². The summed E-state index contributed by atoms with van der Waals surface area (Å²) in [6.45, 7) is 2.16. The monoisotopic (exact) mass is 262 g/mol. The second kappa shape index (κ2) is 7.71. The Morgan fingerprint density at radius 1 is 1.39 bits per heavy atom. The van der Waals surface area contributed by atoms with Gasteiger partial charge in [-0.1, -0.05) is 25.5 Å². The Morgan fingerprint density at radius 2 is 2.06 bits per heavy atom. The Morgan fingerprint density at radius 3 is 2.61 bits per heavy atom. The Labute approximate surface area is 113 Å². The maximum absolute atomic E-state index is 11.5. The van der Waals surface area contributed by atoms with Crippen LogP contribution in [0.3, 0.4) is 0 Å². The third-order valence-electron chi connectivity index (χ3n) is 2.52. The normalized spacial score (nSPS) is 10.6. The summed E-state index contributed by atoms with van der Waals surface area (Å²) in [5.41, 5.74) is 1.86. The van der Waals surface area contributed by atoms with E-state index < -0.39 is 5.91 Å². The molecule has 96 valence electrons. The van der Waals surface area contributed by atoms with E-state index in [2.05, 4.69) is 24.9 Å². The van der Waals surface area contributed by atoms with Crippen LogP contribution in [0.5, 0.6) is 0 Å². The smallest absolute Gasteiger partial charge is 0.273 e. The molecule has 0 atom stereocenters. The molecule has 2 N–H and O–H groups in total. The molecule has 0 aliphatic carbocycles.